The van der Waals surface area contributed by atoms with Crippen LogP contribution in [0.4, 0.5) is 15.9 Å². The SMILES string of the molecule is Cc1ccc(NC(N)=Nc2cc(C(C)c3ccc(-c4ccccc4)c(F)c3)on2)cc1. The first kappa shape index (κ1) is 20.3. The van der Waals surface area contributed by atoms with Gasteiger partial charge in [0.25, 0.3) is 0 Å². The van der Waals surface area contributed by atoms with Crippen molar-refractivity contribution in [2.75, 3.05) is 5.32 Å². The van der Waals surface area contributed by atoms with Crippen LogP contribution >= 0.6 is 0 Å². The fraction of sp³-hybridized carbons (Fsp3) is 0.120. The molecule has 0 bridgehead atoms. The summed E-state index contributed by atoms with van der Waals surface area (Å²) >= 11 is 0. The van der Waals surface area contributed by atoms with Gasteiger partial charge in [-0.2, -0.15) is 4.99 Å². The van der Waals surface area contributed by atoms with Crippen LogP contribution in [-0.2, 0) is 0 Å². The quantitative estimate of drug-likeness (QED) is 0.310. The Morgan fingerprint density at radius 1 is 1.03 bits per heavy atom. The Labute approximate surface area is 180 Å². The summed E-state index contributed by atoms with van der Waals surface area (Å²) < 4.78 is 20.2. The second-order valence-corrected chi connectivity index (χ2v) is 7.40. The second kappa shape index (κ2) is 8.83. The number of hydrogen-bond acceptors (Lipinski definition) is 3. The van der Waals surface area contributed by atoms with E-state index in [4.69, 9.17) is 10.3 Å². The Morgan fingerprint density at radius 3 is 2.48 bits per heavy atom. The average Bonchev–Trinajstić information content (AvgIpc) is 3.23. The molecule has 0 aliphatic carbocycles. The summed E-state index contributed by atoms with van der Waals surface area (Å²) in [5, 5.41) is 6.98. The monoisotopic (exact) mass is 414 g/mol. The highest BCUT2D eigenvalue weighted by Crippen LogP contribution is 2.30. The van der Waals surface area contributed by atoms with E-state index in [-0.39, 0.29) is 17.7 Å². The number of hydrogen-bond donors (Lipinski definition) is 2. The van der Waals surface area contributed by atoms with Gasteiger partial charge in [-0.05, 0) is 36.2 Å². The summed E-state index contributed by atoms with van der Waals surface area (Å²) in [5.41, 5.74) is 10.2. The van der Waals surface area contributed by atoms with Crippen molar-refractivity contribution < 1.29 is 8.91 Å². The topological polar surface area (TPSA) is 76.4 Å². The maximum Gasteiger partial charge on any atom is 0.199 e. The summed E-state index contributed by atoms with van der Waals surface area (Å²) in [6.07, 6.45) is 0. The van der Waals surface area contributed by atoms with Gasteiger partial charge in [0.1, 0.15) is 11.6 Å². The molecule has 6 heteroatoms. The van der Waals surface area contributed by atoms with Gasteiger partial charge in [0, 0.05) is 23.2 Å². The van der Waals surface area contributed by atoms with Crippen LogP contribution in [0.1, 0.15) is 29.7 Å². The zero-order chi connectivity index (χ0) is 21.8. The zero-order valence-electron chi connectivity index (χ0n) is 17.3. The van der Waals surface area contributed by atoms with Crippen LogP contribution in [0, 0.1) is 12.7 Å². The minimum absolute atomic E-state index is 0.193. The molecule has 1 atom stereocenters. The van der Waals surface area contributed by atoms with Crippen molar-refractivity contribution >= 4 is 17.5 Å². The first-order chi connectivity index (χ1) is 15.0. The molecule has 4 rings (SSSR count). The number of aromatic nitrogens is 1. The average molecular weight is 414 g/mol. The summed E-state index contributed by atoms with van der Waals surface area (Å²) in [5.74, 6) is 0.658. The number of aliphatic imine (C=N–C) groups is 1. The smallest absolute Gasteiger partial charge is 0.199 e. The van der Waals surface area contributed by atoms with Crippen molar-refractivity contribution in [3.8, 4) is 11.1 Å². The lowest BCUT2D eigenvalue weighted by atomic mass is 9.95. The van der Waals surface area contributed by atoms with Crippen LogP contribution in [-0.4, -0.2) is 11.1 Å². The molecule has 1 aromatic heterocycles. The number of nitrogens with zero attached hydrogens (tertiary/aromatic N) is 2. The van der Waals surface area contributed by atoms with Crippen LogP contribution in [0.2, 0.25) is 0 Å². The number of nitrogens with one attached hydrogen (secondary N) is 1. The molecule has 5 nitrogen and oxygen atoms in total. The summed E-state index contributed by atoms with van der Waals surface area (Å²) in [7, 11) is 0. The van der Waals surface area contributed by atoms with Gasteiger partial charge in [0.15, 0.2) is 11.8 Å². The Balaban J connectivity index is 1.49. The molecule has 1 unspecified atom stereocenters. The lowest BCUT2D eigenvalue weighted by Gasteiger charge is -2.10. The predicted molar refractivity (Wildman–Crippen MR) is 122 cm³/mol. The maximum atomic E-state index is 14.7. The van der Waals surface area contributed by atoms with E-state index in [9.17, 15) is 4.39 Å². The minimum atomic E-state index is -0.278. The molecule has 31 heavy (non-hydrogen) atoms. The van der Waals surface area contributed by atoms with E-state index in [0.29, 0.717) is 17.1 Å². The molecule has 4 aromatic rings. The van der Waals surface area contributed by atoms with Gasteiger partial charge in [-0.1, -0.05) is 72.2 Å². The fourth-order valence-corrected chi connectivity index (χ4v) is 3.29. The molecule has 0 radical (unpaired) electrons. The van der Waals surface area contributed by atoms with Crippen molar-refractivity contribution in [3.63, 3.8) is 0 Å². The lowest BCUT2D eigenvalue weighted by molar-refractivity contribution is 0.377. The van der Waals surface area contributed by atoms with Crippen LogP contribution in [0.5, 0.6) is 0 Å². The Bertz CT molecular complexity index is 1200. The van der Waals surface area contributed by atoms with Crippen molar-refractivity contribution in [2.45, 2.75) is 19.8 Å². The van der Waals surface area contributed by atoms with E-state index in [2.05, 4.69) is 15.5 Å². The van der Waals surface area contributed by atoms with E-state index < -0.39 is 0 Å². The third kappa shape index (κ3) is 4.80. The van der Waals surface area contributed by atoms with E-state index in [1.165, 1.54) is 6.07 Å². The highest BCUT2D eigenvalue weighted by Gasteiger charge is 2.17. The van der Waals surface area contributed by atoms with E-state index in [0.717, 1.165) is 22.4 Å². The number of aryl methyl sites for hydroxylation is 1. The molecule has 0 aliphatic heterocycles. The minimum Gasteiger partial charge on any atom is -0.369 e. The molecular weight excluding hydrogens is 391 g/mol. The Kier molecular flexibility index (Phi) is 5.80. The first-order valence-corrected chi connectivity index (χ1v) is 9.99. The lowest BCUT2D eigenvalue weighted by Crippen LogP contribution is -2.21. The maximum absolute atomic E-state index is 14.7. The van der Waals surface area contributed by atoms with Gasteiger partial charge >= 0.3 is 0 Å². The predicted octanol–water partition coefficient (Wildman–Crippen LogP) is 6.00. The number of halogens is 1. The van der Waals surface area contributed by atoms with Gasteiger partial charge < -0.3 is 15.6 Å². The van der Waals surface area contributed by atoms with Crippen LogP contribution in [0.15, 0.2) is 88.4 Å². The molecule has 0 saturated heterocycles. The highest BCUT2D eigenvalue weighted by atomic mass is 19.1. The van der Waals surface area contributed by atoms with Crippen molar-refractivity contribution in [1.29, 1.82) is 0 Å². The summed E-state index contributed by atoms with van der Waals surface area (Å²) in [6, 6.07) is 24.2. The van der Waals surface area contributed by atoms with E-state index >= 15 is 0 Å². The molecule has 156 valence electrons. The van der Waals surface area contributed by atoms with E-state index in [1.807, 2.05) is 74.5 Å². The standard InChI is InChI=1S/C25H23FN4O/c1-16-8-11-20(12-9-16)28-25(27)29-24-15-23(31-30-24)17(2)19-10-13-21(22(26)14-19)18-6-4-3-5-7-18/h3-15,17H,1-2H3,(H3,27,28,29,30). The third-order valence-electron chi connectivity index (χ3n) is 5.08. The highest BCUT2D eigenvalue weighted by molar-refractivity contribution is 5.93. The molecule has 0 fully saturated rings. The van der Waals surface area contributed by atoms with Crippen LogP contribution < -0.4 is 11.1 Å². The van der Waals surface area contributed by atoms with Crippen molar-refractivity contribution in [1.82, 2.24) is 5.16 Å². The normalized spacial score (nSPS) is 12.5. The van der Waals surface area contributed by atoms with Gasteiger partial charge in [-0.15, -0.1) is 0 Å². The van der Waals surface area contributed by atoms with Gasteiger partial charge in [0.05, 0.1) is 0 Å². The summed E-state index contributed by atoms with van der Waals surface area (Å²) in [6.45, 7) is 3.94. The van der Waals surface area contributed by atoms with Crippen molar-refractivity contribution in [3.05, 3.63) is 102 Å². The first-order valence-electron chi connectivity index (χ1n) is 9.99. The van der Waals surface area contributed by atoms with Crippen LogP contribution in [0.25, 0.3) is 11.1 Å². The number of nitrogens with two attached hydrogens (primary N) is 1. The number of anilines is 1. The molecular formula is C25H23FN4O. The molecule has 0 spiro atoms. The molecule has 0 saturated carbocycles. The van der Waals surface area contributed by atoms with Gasteiger partial charge in [-0.3, -0.25) is 0 Å². The van der Waals surface area contributed by atoms with E-state index in [1.54, 1.807) is 12.1 Å². The third-order valence-corrected chi connectivity index (χ3v) is 5.08. The van der Waals surface area contributed by atoms with Gasteiger partial charge in [0.2, 0.25) is 0 Å². The molecule has 0 aliphatic rings. The Hall–Kier alpha value is -3.93. The molecule has 3 N–H and O–H groups in total. The number of guanidine groups is 1. The second-order valence-electron chi connectivity index (χ2n) is 7.40. The number of benzene rings is 3. The fourth-order valence-electron chi connectivity index (χ4n) is 3.29. The van der Waals surface area contributed by atoms with Crippen LogP contribution in [0.3, 0.4) is 0 Å². The molecule has 1 heterocycles. The Morgan fingerprint density at radius 2 is 1.77 bits per heavy atom. The van der Waals surface area contributed by atoms with Gasteiger partial charge in [-0.25, -0.2) is 4.39 Å². The number of rotatable bonds is 5. The largest absolute Gasteiger partial charge is 0.369 e. The summed E-state index contributed by atoms with van der Waals surface area (Å²) in [4.78, 5) is 4.25. The molecule has 0 amide bonds. The van der Waals surface area contributed by atoms with Crippen molar-refractivity contribution in [2.24, 2.45) is 10.7 Å². The molecule has 3 aromatic carbocycles. The zero-order valence-corrected chi connectivity index (χ0v) is 17.3.